The van der Waals surface area contributed by atoms with Gasteiger partial charge in [-0.2, -0.15) is 5.26 Å². The maximum absolute atomic E-state index is 12.2. The average Bonchev–Trinajstić information content (AvgIpc) is 2.40. The molecule has 21 heavy (non-hydrogen) atoms. The molecule has 2 aromatic rings. The maximum Gasteiger partial charge on any atom is 0.573 e. The standard InChI is InChI=1S/C14H10F3N3O/c15-14(16,17)21-12-3-1-2-9(7-12)11-6-10(4-5-18)13(19)20-8-11/h1-3,6-8H,4H2,(H2,19,20). The van der Waals surface area contributed by atoms with Crippen molar-refractivity contribution < 1.29 is 17.9 Å². The summed E-state index contributed by atoms with van der Waals surface area (Å²) in [5.41, 5.74) is 7.20. The van der Waals surface area contributed by atoms with E-state index >= 15 is 0 Å². The van der Waals surface area contributed by atoms with Gasteiger partial charge < -0.3 is 10.5 Å². The number of hydrogen-bond donors (Lipinski definition) is 1. The van der Waals surface area contributed by atoms with Crippen LogP contribution in [0.15, 0.2) is 36.5 Å². The van der Waals surface area contributed by atoms with Gasteiger partial charge in [0.2, 0.25) is 0 Å². The molecule has 1 aromatic carbocycles. The van der Waals surface area contributed by atoms with Gasteiger partial charge in [-0.25, -0.2) is 4.98 Å². The van der Waals surface area contributed by atoms with Crippen LogP contribution in [-0.4, -0.2) is 11.3 Å². The summed E-state index contributed by atoms with van der Waals surface area (Å²) in [6, 6.07) is 9.09. The number of nitriles is 1. The van der Waals surface area contributed by atoms with Crippen LogP contribution in [0.2, 0.25) is 0 Å². The number of nitrogens with two attached hydrogens (primary N) is 1. The Balaban J connectivity index is 2.36. The molecule has 0 aliphatic heterocycles. The summed E-state index contributed by atoms with van der Waals surface area (Å²) in [6.07, 6.45) is -3.24. The van der Waals surface area contributed by atoms with Crippen LogP contribution in [0.25, 0.3) is 11.1 Å². The summed E-state index contributed by atoms with van der Waals surface area (Å²) in [4.78, 5) is 3.94. The molecule has 0 atom stereocenters. The molecule has 0 radical (unpaired) electrons. The zero-order valence-electron chi connectivity index (χ0n) is 10.7. The zero-order chi connectivity index (χ0) is 15.5. The molecule has 0 aliphatic rings. The van der Waals surface area contributed by atoms with Gasteiger partial charge in [0.25, 0.3) is 0 Å². The van der Waals surface area contributed by atoms with E-state index in [4.69, 9.17) is 11.0 Å². The normalized spacial score (nSPS) is 11.0. The summed E-state index contributed by atoms with van der Waals surface area (Å²) in [5.74, 6) is -0.0957. The van der Waals surface area contributed by atoms with Crippen LogP contribution in [-0.2, 0) is 6.42 Å². The second kappa shape index (κ2) is 5.71. The number of hydrogen-bond acceptors (Lipinski definition) is 4. The minimum absolute atomic E-state index is 0.0748. The van der Waals surface area contributed by atoms with E-state index in [1.807, 2.05) is 6.07 Å². The summed E-state index contributed by atoms with van der Waals surface area (Å²) in [5, 5.41) is 8.70. The molecule has 0 aliphatic carbocycles. The molecule has 0 fully saturated rings. The minimum Gasteiger partial charge on any atom is -0.406 e. The molecule has 1 heterocycles. The zero-order valence-corrected chi connectivity index (χ0v) is 10.7. The van der Waals surface area contributed by atoms with Crippen molar-refractivity contribution in [2.45, 2.75) is 12.8 Å². The quantitative estimate of drug-likeness (QED) is 0.942. The third-order valence-corrected chi connectivity index (χ3v) is 2.67. The number of benzene rings is 1. The van der Waals surface area contributed by atoms with E-state index in [-0.39, 0.29) is 18.0 Å². The first-order valence-corrected chi connectivity index (χ1v) is 5.86. The molecule has 2 rings (SSSR count). The third kappa shape index (κ3) is 3.86. The maximum atomic E-state index is 12.2. The van der Waals surface area contributed by atoms with E-state index in [0.717, 1.165) is 0 Å². The number of nitrogens with zero attached hydrogens (tertiary/aromatic N) is 2. The Morgan fingerprint density at radius 3 is 2.67 bits per heavy atom. The molecular weight excluding hydrogens is 283 g/mol. The first kappa shape index (κ1) is 14.7. The molecule has 0 saturated carbocycles. The van der Waals surface area contributed by atoms with Gasteiger partial charge in [0.1, 0.15) is 11.6 Å². The smallest absolute Gasteiger partial charge is 0.406 e. The van der Waals surface area contributed by atoms with E-state index in [0.29, 0.717) is 16.7 Å². The van der Waals surface area contributed by atoms with Crippen molar-refractivity contribution >= 4 is 5.82 Å². The third-order valence-electron chi connectivity index (χ3n) is 2.67. The van der Waals surface area contributed by atoms with E-state index in [9.17, 15) is 13.2 Å². The molecule has 4 nitrogen and oxygen atoms in total. The molecule has 0 amide bonds. The number of aromatic nitrogens is 1. The molecule has 0 bridgehead atoms. The first-order valence-electron chi connectivity index (χ1n) is 5.86. The van der Waals surface area contributed by atoms with E-state index in [1.165, 1.54) is 24.4 Å². The van der Waals surface area contributed by atoms with Gasteiger partial charge in [-0.1, -0.05) is 12.1 Å². The Bertz CT molecular complexity index is 693. The molecule has 0 unspecified atom stereocenters. The van der Waals surface area contributed by atoms with Crippen molar-refractivity contribution in [3.8, 4) is 22.9 Å². The highest BCUT2D eigenvalue weighted by Crippen LogP contribution is 2.28. The van der Waals surface area contributed by atoms with Gasteiger partial charge in [0.15, 0.2) is 0 Å². The molecule has 108 valence electrons. The molecule has 2 N–H and O–H groups in total. The number of anilines is 1. The monoisotopic (exact) mass is 293 g/mol. The highest BCUT2D eigenvalue weighted by Gasteiger charge is 2.31. The van der Waals surface area contributed by atoms with Gasteiger partial charge in [-0.15, -0.1) is 13.2 Å². The van der Waals surface area contributed by atoms with Crippen LogP contribution in [0, 0.1) is 11.3 Å². The van der Waals surface area contributed by atoms with E-state index in [1.54, 1.807) is 12.1 Å². The van der Waals surface area contributed by atoms with Gasteiger partial charge in [0, 0.05) is 17.3 Å². The van der Waals surface area contributed by atoms with Crippen molar-refractivity contribution in [1.82, 2.24) is 4.98 Å². The van der Waals surface area contributed by atoms with Gasteiger partial charge in [-0.05, 0) is 23.8 Å². The second-order valence-electron chi connectivity index (χ2n) is 4.18. The number of pyridine rings is 1. The Kier molecular flexibility index (Phi) is 3.98. The topological polar surface area (TPSA) is 71.9 Å². The average molecular weight is 293 g/mol. The Morgan fingerprint density at radius 1 is 1.24 bits per heavy atom. The fraction of sp³-hybridized carbons (Fsp3) is 0.143. The Morgan fingerprint density at radius 2 is 2.00 bits per heavy atom. The highest BCUT2D eigenvalue weighted by atomic mass is 19.4. The molecule has 1 aromatic heterocycles. The van der Waals surface area contributed by atoms with Crippen molar-refractivity contribution in [3.05, 3.63) is 42.1 Å². The largest absolute Gasteiger partial charge is 0.573 e. The number of rotatable bonds is 3. The van der Waals surface area contributed by atoms with Crippen LogP contribution >= 0.6 is 0 Å². The highest BCUT2D eigenvalue weighted by molar-refractivity contribution is 5.66. The predicted molar refractivity (Wildman–Crippen MR) is 70.1 cm³/mol. The SMILES string of the molecule is N#CCc1cc(-c2cccc(OC(F)(F)F)c2)cnc1N. The number of halogens is 3. The van der Waals surface area contributed by atoms with Crippen molar-refractivity contribution in [2.75, 3.05) is 5.73 Å². The number of ether oxygens (including phenoxy) is 1. The van der Waals surface area contributed by atoms with Crippen LogP contribution in [0.1, 0.15) is 5.56 Å². The lowest BCUT2D eigenvalue weighted by atomic mass is 10.0. The lowest BCUT2D eigenvalue weighted by Crippen LogP contribution is -2.17. The van der Waals surface area contributed by atoms with Crippen molar-refractivity contribution in [2.24, 2.45) is 0 Å². The van der Waals surface area contributed by atoms with Crippen molar-refractivity contribution in [1.29, 1.82) is 5.26 Å². The summed E-state index contributed by atoms with van der Waals surface area (Å²) < 4.78 is 40.5. The fourth-order valence-electron chi connectivity index (χ4n) is 1.78. The fourth-order valence-corrected chi connectivity index (χ4v) is 1.78. The predicted octanol–water partition coefficient (Wildman–Crippen LogP) is 3.30. The summed E-state index contributed by atoms with van der Waals surface area (Å²) in [7, 11) is 0. The number of alkyl halides is 3. The lowest BCUT2D eigenvalue weighted by molar-refractivity contribution is -0.274. The van der Waals surface area contributed by atoms with E-state index in [2.05, 4.69) is 9.72 Å². The summed E-state index contributed by atoms with van der Waals surface area (Å²) in [6.45, 7) is 0. The Hall–Kier alpha value is -2.75. The minimum atomic E-state index is -4.75. The first-order chi connectivity index (χ1) is 9.89. The Labute approximate surface area is 118 Å². The van der Waals surface area contributed by atoms with Gasteiger partial charge in [0.05, 0.1) is 12.5 Å². The van der Waals surface area contributed by atoms with Gasteiger partial charge >= 0.3 is 6.36 Å². The second-order valence-corrected chi connectivity index (χ2v) is 4.18. The molecule has 0 saturated heterocycles. The van der Waals surface area contributed by atoms with Gasteiger partial charge in [-0.3, -0.25) is 0 Å². The van der Waals surface area contributed by atoms with E-state index < -0.39 is 6.36 Å². The lowest BCUT2D eigenvalue weighted by Gasteiger charge is -2.10. The van der Waals surface area contributed by atoms with Crippen LogP contribution in [0.4, 0.5) is 19.0 Å². The molecule has 0 spiro atoms. The van der Waals surface area contributed by atoms with Crippen LogP contribution in [0.5, 0.6) is 5.75 Å². The molecular formula is C14H10F3N3O. The number of nitrogen functional groups attached to an aromatic ring is 1. The van der Waals surface area contributed by atoms with Crippen LogP contribution in [0.3, 0.4) is 0 Å². The molecule has 7 heteroatoms. The van der Waals surface area contributed by atoms with Crippen molar-refractivity contribution in [3.63, 3.8) is 0 Å². The summed E-state index contributed by atoms with van der Waals surface area (Å²) >= 11 is 0. The van der Waals surface area contributed by atoms with Crippen LogP contribution < -0.4 is 10.5 Å².